The van der Waals surface area contributed by atoms with Gasteiger partial charge in [-0.2, -0.15) is 0 Å². The molecular formula is C30H29NO3. The lowest BCUT2D eigenvalue weighted by Gasteiger charge is -2.22. The van der Waals surface area contributed by atoms with Gasteiger partial charge >= 0.3 is 0 Å². The highest BCUT2D eigenvalue weighted by molar-refractivity contribution is 5.95. The van der Waals surface area contributed by atoms with Crippen molar-refractivity contribution in [1.82, 2.24) is 5.32 Å². The number of carbonyl (C=O) groups excluding carboxylic acids is 1. The molecule has 172 valence electrons. The largest absolute Gasteiger partial charge is 0.456 e. The van der Waals surface area contributed by atoms with Gasteiger partial charge < -0.3 is 9.73 Å². The Labute approximate surface area is 199 Å². The van der Waals surface area contributed by atoms with Crippen LogP contribution in [0.1, 0.15) is 64.8 Å². The van der Waals surface area contributed by atoms with Gasteiger partial charge in [0.1, 0.15) is 11.3 Å². The molecule has 0 spiro atoms. The maximum Gasteiger partial charge on any atom is 0.251 e. The molecule has 0 saturated heterocycles. The zero-order chi connectivity index (χ0) is 23.7. The number of amides is 1. The van der Waals surface area contributed by atoms with Crippen molar-refractivity contribution in [3.8, 4) is 11.3 Å². The summed E-state index contributed by atoms with van der Waals surface area (Å²) in [5, 5.41) is 3.77. The van der Waals surface area contributed by atoms with Crippen LogP contribution in [-0.2, 0) is 12.8 Å². The van der Waals surface area contributed by atoms with Crippen molar-refractivity contribution in [1.29, 1.82) is 0 Å². The third-order valence-electron chi connectivity index (χ3n) is 6.80. The van der Waals surface area contributed by atoms with E-state index in [1.54, 1.807) is 12.1 Å². The lowest BCUT2D eigenvalue weighted by molar-refractivity contribution is 0.0935. The molecule has 0 saturated carbocycles. The number of benzene rings is 3. The van der Waals surface area contributed by atoms with Crippen molar-refractivity contribution >= 4 is 16.9 Å². The first-order chi connectivity index (χ1) is 16.5. The van der Waals surface area contributed by atoms with E-state index in [0.29, 0.717) is 22.3 Å². The van der Waals surface area contributed by atoms with Crippen molar-refractivity contribution in [2.24, 2.45) is 0 Å². The molecule has 4 heteroatoms. The number of hydrogen-bond acceptors (Lipinski definition) is 3. The van der Waals surface area contributed by atoms with Gasteiger partial charge in [0.15, 0.2) is 5.43 Å². The summed E-state index contributed by atoms with van der Waals surface area (Å²) in [5.41, 5.74) is 6.89. The lowest BCUT2D eigenvalue weighted by atomic mass is 9.88. The van der Waals surface area contributed by atoms with Gasteiger partial charge in [-0.05, 0) is 80.0 Å². The number of hydrogen-bond donors (Lipinski definition) is 1. The molecule has 1 aliphatic rings. The van der Waals surface area contributed by atoms with Crippen molar-refractivity contribution in [3.63, 3.8) is 0 Å². The highest BCUT2D eigenvalue weighted by atomic mass is 16.3. The average Bonchev–Trinajstić information content (AvgIpc) is 2.87. The predicted molar refractivity (Wildman–Crippen MR) is 136 cm³/mol. The number of rotatable bonds is 5. The molecule has 5 rings (SSSR count). The molecule has 0 bridgehead atoms. The molecular weight excluding hydrogens is 422 g/mol. The van der Waals surface area contributed by atoms with Crippen LogP contribution >= 0.6 is 0 Å². The number of carbonyl (C=O) groups is 1. The molecule has 34 heavy (non-hydrogen) atoms. The van der Waals surface area contributed by atoms with Crippen molar-refractivity contribution in [2.45, 2.75) is 52.0 Å². The second-order valence-electron chi connectivity index (χ2n) is 9.22. The Morgan fingerprint density at radius 1 is 0.941 bits per heavy atom. The Balaban J connectivity index is 1.35. The summed E-state index contributed by atoms with van der Waals surface area (Å²) < 4.78 is 5.97. The fourth-order valence-corrected chi connectivity index (χ4v) is 4.83. The zero-order valence-corrected chi connectivity index (χ0v) is 19.7. The summed E-state index contributed by atoms with van der Waals surface area (Å²) in [6, 6.07) is 20.9. The Kier molecular flexibility index (Phi) is 6.06. The molecule has 0 fully saturated rings. The topological polar surface area (TPSA) is 59.3 Å². The van der Waals surface area contributed by atoms with Crippen LogP contribution in [0.15, 0.2) is 75.9 Å². The van der Waals surface area contributed by atoms with Crippen LogP contribution in [0.4, 0.5) is 0 Å². The molecule has 1 N–H and O–H groups in total. The zero-order valence-electron chi connectivity index (χ0n) is 19.7. The molecule has 1 amide bonds. The SMILES string of the molecule is CCC(NC(=O)c1ccc(-c2cc(=O)c3cc(C)ccc3o2)cc1)c1ccc2c(c1)CCCC2. The Morgan fingerprint density at radius 2 is 1.71 bits per heavy atom. The van der Waals surface area contributed by atoms with E-state index < -0.39 is 0 Å². The minimum atomic E-state index is -0.105. The fourth-order valence-electron chi connectivity index (χ4n) is 4.83. The predicted octanol–water partition coefficient (Wildman–Crippen LogP) is 6.53. The summed E-state index contributed by atoms with van der Waals surface area (Å²) >= 11 is 0. The molecule has 0 aliphatic heterocycles. The van der Waals surface area contributed by atoms with E-state index >= 15 is 0 Å². The van der Waals surface area contributed by atoms with Crippen LogP contribution in [0.25, 0.3) is 22.3 Å². The minimum absolute atomic E-state index is 0.0265. The second-order valence-corrected chi connectivity index (χ2v) is 9.22. The smallest absolute Gasteiger partial charge is 0.251 e. The van der Waals surface area contributed by atoms with Gasteiger partial charge in [-0.3, -0.25) is 9.59 Å². The summed E-state index contributed by atoms with van der Waals surface area (Å²) in [4.78, 5) is 25.6. The summed E-state index contributed by atoms with van der Waals surface area (Å²) in [6.07, 6.45) is 5.60. The van der Waals surface area contributed by atoms with Gasteiger partial charge in [-0.25, -0.2) is 0 Å². The van der Waals surface area contributed by atoms with Crippen molar-refractivity contribution < 1.29 is 9.21 Å². The Morgan fingerprint density at radius 3 is 2.47 bits per heavy atom. The van der Waals surface area contributed by atoms with Crippen molar-refractivity contribution in [3.05, 3.63) is 105 Å². The molecule has 4 nitrogen and oxygen atoms in total. The van der Waals surface area contributed by atoms with E-state index in [0.717, 1.165) is 30.4 Å². The second kappa shape index (κ2) is 9.30. The molecule has 3 aromatic carbocycles. The number of aryl methyl sites for hydroxylation is 3. The third kappa shape index (κ3) is 4.41. The van der Waals surface area contributed by atoms with E-state index in [-0.39, 0.29) is 17.4 Å². The minimum Gasteiger partial charge on any atom is -0.456 e. The Bertz CT molecular complexity index is 1420. The first kappa shape index (κ1) is 22.1. The van der Waals surface area contributed by atoms with Gasteiger partial charge in [-0.15, -0.1) is 0 Å². The van der Waals surface area contributed by atoms with Crippen molar-refractivity contribution in [2.75, 3.05) is 0 Å². The lowest BCUT2D eigenvalue weighted by Crippen LogP contribution is -2.28. The third-order valence-corrected chi connectivity index (χ3v) is 6.80. The van der Waals surface area contributed by atoms with Crippen LogP contribution in [0, 0.1) is 6.92 Å². The molecule has 1 aliphatic carbocycles. The standard InChI is InChI=1S/C30H29NO3/c1-3-26(24-14-9-20-6-4-5-7-23(20)17-24)31-30(33)22-12-10-21(11-13-22)29-18-27(32)25-16-19(2)8-15-28(25)34-29/h8-18,26H,3-7H2,1-2H3,(H,31,33). The maximum absolute atomic E-state index is 13.0. The summed E-state index contributed by atoms with van der Waals surface area (Å²) in [7, 11) is 0. The molecule has 1 aromatic heterocycles. The average molecular weight is 452 g/mol. The monoisotopic (exact) mass is 451 g/mol. The molecule has 1 heterocycles. The van der Waals surface area contributed by atoms with Crippen LogP contribution in [0.5, 0.6) is 0 Å². The van der Waals surface area contributed by atoms with E-state index in [1.807, 2.05) is 37.3 Å². The van der Waals surface area contributed by atoms with E-state index in [4.69, 9.17) is 4.42 Å². The molecule has 1 atom stereocenters. The van der Waals surface area contributed by atoms with Crippen LogP contribution < -0.4 is 10.7 Å². The quantitative estimate of drug-likeness (QED) is 0.375. The summed E-state index contributed by atoms with van der Waals surface area (Å²) in [5.74, 6) is 0.389. The van der Waals surface area contributed by atoms with Gasteiger partial charge in [0.25, 0.3) is 5.91 Å². The normalized spacial score (nSPS) is 13.9. The highest BCUT2D eigenvalue weighted by Gasteiger charge is 2.17. The molecule has 0 radical (unpaired) electrons. The highest BCUT2D eigenvalue weighted by Crippen LogP contribution is 2.27. The van der Waals surface area contributed by atoms with Gasteiger partial charge in [0, 0.05) is 17.2 Å². The molecule has 1 unspecified atom stereocenters. The fraction of sp³-hybridized carbons (Fsp3) is 0.267. The Hall–Kier alpha value is -3.66. The van der Waals surface area contributed by atoms with E-state index in [9.17, 15) is 9.59 Å². The number of fused-ring (bicyclic) bond motifs is 2. The maximum atomic E-state index is 13.0. The van der Waals surface area contributed by atoms with Gasteiger partial charge in [0.05, 0.1) is 11.4 Å². The summed E-state index contributed by atoms with van der Waals surface area (Å²) in [6.45, 7) is 4.04. The molecule has 4 aromatic rings. The van der Waals surface area contributed by atoms with Crippen LogP contribution in [0.2, 0.25) is 0 Å². The number of nitrogens with one attached hydrogen (secondary N) is 1. The van der Waals surface area contributed by atoms with E-state index in [1.165, 1.54) is 35.6 Å². The van der Waals surface area contributed by atoms with Crippen LogP contribution in [0.3, 0.4) is 0 Å². The first-order valence-electron chi connectivity index (χ1n) is 12.1. The van der Waals surface area contributed by atoms with Crippen LogP contribution in [-0.4, -0.2) is 5.91 Å². The van der Waals surface area contributed by atoms with Gasteiger partial charge in [0.2, 0.25) is 0 Å². The van der Waals surface area contributed by atoms with Gasteiger partial charge in [-0.1, -0.05) is 48.9 Å². The first-order valence-corrected chi connectivity index (χ1v) is 12.1. The van der Waals surface area contributed by atoms with E-state index in [2.05, 4.69) is 30.4 Å².